The minimum Gasteiger partial charge on any atom is -1.00 e. The molecule has 0 rings (SSSR count). The van der Waals surface area contributed by atoms with Crippen LogP contribution in [0.25, 0.3) is 0 Å². The van der Waals surface area contributed by atoms with Crippen molar-refractivity contribution in [1.29, 1.82) is 0 Å². The largest absolute Gasteiger partial charge is 2.00 e. The molecule has 6 N–H and O–H groups in total. The SMILES string of the molecule is CC(O)C(=O)O.CC(O)C(=O)O.O=S(=O)(O)O.[Ca+2].[H-].[H-]. The van der Waals surface area contributed by atoms with Gasteiger partial charge in [0.2, 0.25) is 0 Å². The van der Waals surface area contributed by atoms with Crippen LogP contribution in [0.15, 0.2) is 0 Å². The summed E-state index contributed by atoms with van der Waals surface area (Å²) in [6, 6.07) is 0. The molecule has 0 amide bonds. The standard InChI is InChI=1S/2C3H6O3.Ca.H2O4S.2H/c2*1-2(4)3(5)6;;1-5(2,3)4;;/h2*2,4H,1H3,(H,5,6);;(H2,1,2,3,4);;/q;;+2;;2*-1. The Labute approximate surface area is 136 Å². The van der Waals surface area contributed by atoms with E-state index >= 15 is 0 Å². The molecule has 0 saturated carbocycles. The van der Waals surface area contributed by atoms with E-state index in [9.17, 15) is 9.59 Å². The van der Waals surface area contributed by atoms with Crippen LogP contribution in [0, 0.1) is 0 Å². The Balaban J connectivity index is -0.0000000343. The van der Waals surface area contributed by atoms with Gasteiger partial charge in [0.05, 0.1) is 0 Å². The van der Waals surface area contributed by atoms with E-state index in [1.807, 2.05) is 0 Å². The van der Waals surface area contributed by atoms with Gasteiger partial charge < -0.3 is 23.3 Å². The van der Waals surface area contributed by atoms with E-state index in [1.165, 1.54) is 13.8 Å². The number of aliphatic hydroxyl groups is 2. The van der Waals surface area contributed by atoms with Gasteiger partial charge in [0.25, 0.3) is 0 Å². The summed E-state index contributed by atoms with van der Waals surface area (Å²) >= 11 is 0. The molecule has 0 bridgehead atoms. The van der Waals surface area contributed by atoms with Gasteiger partial charge in [0.1, 0.15) is 12.2 Å². The van der Waals surface area contributed by atoms with Gasteiger partial charge in [-0.15, -0.1) is 0 Å². The van der Waals surface area contributed by atoms with Crippen molar-refractivity contribution in [3.63, 3.8) is 0 Å². The van der Waals surface area contributed by atoms with Crippen LogP contribution >= 0.6 is 0 Å². The third kappa shape index (κ3) is 56.3. The van der Waals surface area contributed by atoms with Gasteiger partial charge >= 0.3 is 60.1 Å². The fourth-order valence-corrected chi connectivity index (χ4v) is 0. The second-order valence-electron chi connectivity index (χ2n) is 2.48. The zero-order valence-electron chi connectivity index (χ0n) is 11.6. The molecule has 0 spiro atoms. The maximum atomic E-state index is 9.45. The molecule has 12 heteroatoms. The number of carbonyl (C=O) groups is 2. The van der Waals surface area contributed by atoms with E-state index in [0.717, 1.165) is 0 Å². The first-order valence-electron chi connectivity index (χ1n) is 3.80. The van der Waals surface area contributed by atoms with Crippen molar-refractivity contribution in [2.75, 3.05) is 0 Å². The van der Waals surface area contributed by atoms with Crippen molar-refractivity contribution < 1.29 is 50.4 Å². The Hall–Kier alpha value is -0.0103. The summed E-state index contributed by atoms with van der Waals surface area (Å²) in [5.74, 6) is -2.37. The summed E-state index contributed by atoms with van der Waals surface area (Å²) in [6.07, 6.45) is -2.46. The molecular formula is C6H16CaO10S. The van der Waals surface area contributed by atoms with Gasteiger partial charge in [-0.3, -0.25) is 9.11 Å². The zero-order valence-corrected chi connectivity index (χ0v) is 12.6. The number of carboxylic acids is 2. The molecule has 18 heavy (non-hydrogen) atoms. The molecule has 0 aromatic rings. The van der Waals surface area contributed by atoms with E-state index in [-0.39, 0.29) is 40.6 Å². The number of aliphatic carboxylic acids is 2. The Morgan fingerprint density at radius 3 is 1.00 bits per heavy atom. The maximum absolute atomic E-state index is 9.45. The number of rotatable bonds is 2. The third-order valence-electron chi connectivity index (χ3n) is 0.715. The third-order valence-corrected chi connectivity index (χ3v) is 0.715. The zero-order chi connectivity index (χ0) is 14.8. The molecule has 0 heterocycles. The Bertz CT molecular complexity index is 305. The number of carboxylic acid groups (broad SMARTS) is 2. The van der Waals surface area contributed by atoms with Crippen LogP contribution in [0.3, 0.4) is 0 Å². The molecule has 108 valence electrons. The second kappa shape index (κ2) is 13.4. The van der Waals surface area contributed by atoms with Crippen LogP contribution in [0.1, 0.15) is 16.7 Å². The first kappa shape index (κ1) is 26.5. The van der Waals surface area contributed by atoms with Crippen LogP contribution in [-0.2, 0) is 20.0 Å². The van der Waals surface area contributed by atoms with Crippen LogP contribution in [-0.4, -0.2) is 99.8 Å². The maximum Gasteiger partial charge on any atom is 2.00 e. The van der Waals surface area contributed by atoms with E-state index < -0.39 is 34.5 Å². The second-order valence-corrected chi connectivity index (χ2v) is 3.37. The van der Waals surface area contributed by atoms with Gasteiger partial charge in [-0.2, -0.15) is 8.42 Å². The molecule has 0 aromatic carbocycles. The number of hydrogen-bond donors (Lipinski definition) is 6. The Morgan fingerprint density at radius 1 is 0.944 bits per heavy atom. The van der Waals surface area contributed by atoms with Crippen molar-refractivity contribution >= 4 is 60.1 Å². The predicted molar refractivity (Wildman–Crippen MR) is 60.8 cm³/mol. The topological polar surface area (TPSA) is 190 Å². The van der Waals surface area contributed by atoms with Crippen LogP contribution in [0.4, 0.5) is 0 Å². The molecule has 0 aliphatic heterocycles. The fraction of sp³-hybridized carbons (Fsp3) is 0.667. The molecule has 0 aromatic heterocycles. The molecule has 2 atom stereocenters. The van der Waals surface area contributed by atoms with Crippen LogP contribution < -0.4 is 0 Å². The van der Waals surface area contributed by atoms with Crippen molar-refractivity contribution in [3.05, 3.63) is 0 Å². The quantitative estimate of drug-likeness (QED) is 0.247. The summed E-state index contributed by atoms with van der Waals surface area (Å²) in [5, 5.41) is 31.5. The van der Waals surface area contributed by atoms with Crippen molar-refractivity contribution in [1.82, 2.24) is 0 Å². The Kier molecular flexibility index (Phi) is 19.8. The normalized spacial score (nSPS) is 12.3. The first-order valence-corrected chi connectivity index (χ1v) is 5.20. The van der Waals surface area contributed by atoms with Crippen molar-refractivity contribution in [2.24, 2.45) is 0 Å². The molecule has 0 fully saturated rings. The first-order chi connectivity index (χ1) is 7.29. The van der Waals surface area contributed by atoms with E-state index in [2.05, 4.69) is 0 Å². The fourth-order valence-electron chi connectivity index (χ4n) is 0. The van der Waals surface area contributed by atoms with E-state index in [4.69, 9.17) is 37.9 Å². The molecule has 10 nitrogen and oxygen atoms in total. The van der Waals surface area contributed by atoms with Gasteiger partial charge in [0, 0.05) is 0 Å². The molecule has 0 radical (unpaired) electrons. The predicted octanol–water partition coefficient (Wildman–Crippen LogP) is -1.90. The minimum atomic E-state index is -4.67. The molecule has 0 saturated heterocycles. The summed E-state index contributed by atoms with van der Waals surface area (Å²) in [7, 11) is -4.67. The van der Waals surface area contributed by atoms with E-state index in [0.29, 0.717) is 0 Å². The summed E-state index contributed by atoms with van der Waals surface area (Å²) in [4.78, 5) is 18.9. The van der Waals surface area contributed by atoms with Crippen LogP contribution in [0.2, 0.25) is 0 Å². The number of hydrogen-bond acceptors (Lipinski definition) is 6. The Morgan fingerprint density at radius 2 is 1.00 bits per heavy atom. The molecule has 0 aliphatic carbocycles. The molecule has 0 aliphatic rings. The van der Waals surface area contributed by atoms with Gasteiger partial charge in [-0.05, 0) is 13.8 Å². The van der Waals surface area contributed by atoms with Crippen LogP contribution in [0.5, 0.6) is 0 Å². The summed E-state index contributed by atoms with van der Waals surface area (Å²) in [6.45, 7) is 2.39. The average molecular weight is 320 g/mol. The summed E-state index contributed by atoms with van der Waals surface area (Å²) < 4.78 is 31.6. The van der Waals surface area contributed by atoms with Gasteiger partial charge in [-0.1, -0.05) is 0 Å². The van der Waals surface area contributed by atoms with Crippen molar-refractivity contribution in [3.8, 4) is 0 Å². The smallest absolute Gasteiger partial charge is 1.00 e. The molecule has 2 unspecified atom stereocenters. The monoisotopic (exact) mass is 320 g/mol. The minimum absolute atomic E-state index is 0. The average Bonchev–Trinajstić information content (AvgIpc) is 2.01. The van der Waals surface area contributed by atoms with Gasteiger partial charge in [0.15, 0.2) is 0 Å². The van der Waals surface area contributed by atoms with Gasteiger partial charge in [-0.25, -0.2) is 9.59 Å². The summed E-state index contributed by atoms with van der Waals surface area (Å²) in [5.41, 5.74) is 0. The van der Waals surface area contributed by atoms with Crippen molar-refractivity contribution in [2.45, 2.75) is 26.1 Å². The molecular weight excluding hydrogens is 304 g/mol. The number of aliphatic hydroxyl groups excluding tert-OH is 2. The van der Waals surface area contributed by atoms with E-state index in [1.54, 1.807) is 0 Å².